The molecular formula is C23H35NO3S. The van der Waals surface area contributed by atoms with E-state index in [1.807, 2.05) is 0 Å². The van der Waals surface area contributed by atoms with Gasteiger partial charge in [0.25, 0.3) is 0 Å². The second-order valence-corrected chi connectivity index (χ2v) is 8.38. The zero-order chi connectivity index (χ0) is 20.8. The highest BCUT2D eigenvalue weighted by Crippen LogP contribution is 2.14. The molecule has 0 aliphatic heterocycles. The Kier molecular flexibility index (Phi) is 12.4. The Balaban J connectivity index is 2.30. The molecule has 0 spiro atoms. The third-order valence-corrected chi connectivity index (χ3v) is 5.63. The summed E-state index contributed by atoms with van der Waals surface area (Å²) in [6, 6.07) is 8.16. The minimum Gasteiger partial charge on any atom is -0.480 e. The first-order valence-corrected chi connectivity index (χ1v) is 11.4. The van der Waals surface area contributed by atoms with Crippen LogP contribution in [0.1, 0.15) is 64.0 Å². The highest BCUT2D eigenvalue weighted by Gasteiger charge is 2.17. The van der Waals surface area contributed by atoms with Gasteiger partial charge in [0.2, 0.25) is 5.91 Å². The molecule has 0 radical (unpaired) electrons. The van der Waals surface area contributed by atoms with Crippen LogP contribution in [-0.4, -0.2) is 34.5 Å². The summed E-state index contributed by atoms with van der Waals surface area (Å²) in [5.41, 5.74) is 4.09. The molecule has 5 heteroatoms. The number of carbonyl (C=O) groups excluding carboxylic acids is 1. The lowest BCUT2D eigenvalue weighted by Crippen LogP contribution is -2.41. The van der Waals surface area contributed by atoms with Gasteiger partial charge in [-0.25, -0.2) is 4.79 Å². The number of unbranched alkanes of at least 4 members (excludes halogenated alkanes) is 3. The Morgan fingerprint density at radius 2 is 1.71 bits per heavy atom. The number of hydrogen-bond acceptors (Lipinski definition) is 3. The topological polar surface area (TPSA) is 66.4 Å². The monoisotopic (exact) mass is 405 g/mol. The fourth-order valence-corrected chi connectivity index (χ4v) is 3.88. The van der Waals surface area contributed by atoms with Gasteiger partial charge in [-0.3, -0.25) is 4.79 Å². The molecule has 0 bridgehead atoms. The third kappa shape index (κ3) is 11.2. The third-order valence-electron chi connectivity index (χ3n) is 4.66. The van der Waals surface area contributed by atoms with Crippen molar-refractivity contribution >= 4 is 23.6 Å². The lowest BCUT2D eigenvalue weighted by atomic mass is 10.0. The quantitative estimate of drug-likeness (QED) is 0.337. The molecule has 28 heavy (non-hydrogen) atoms. The molecule has 1 aromatic carbocycles. The molecule has 1 amide bonds. The van der Waals surface area contributed by atoms with Crippen LogP contribution in [0.4, 0.5) is 0 Å². The highest BCUT2D eigenvalue weighted by atomic mass is 32.2. The number of carboxylic acid groups (broad SMARTS) is 1. The van der Waals surface area contributed by atoms with Gasteiger partial charge >= 0.3 is 5.97 Å². The molecule has 1 atom stereocenters. The van der Waals surface area contributed by atoms with Crippen molar-refractivity contribution in [3.63, 3.8) is 0 Å². The van der Waals surface area contributed by atoms with Gasteiger partial charge < -0.3 is 10.4 Å². The molecule has 0 saturated heterocycles. The van der Waals surface area contributed by atoms with Crippen LogP contribution in [0.3, 0.4) is 0 Å². The van der Waals surface area contributed by atoms with E-state index in [2.05, 4.69) is 49.5 Å². The van der Waals surface area contributed by atoms with Crippen LogP contribution >= 0.6 is 11.8 Å². The number of aryl methyl sites for hydroxylation is 2. The molecule has 0 heterocycles. The predicted molar refractivity (Wildman–Crippen MR) is 119 cm³/mol. The van der Waals surface area contributed by atoms with Crippen molar-refractivity contribution in [3.8, 4) is 0 Å². The predicted octanol–water partition coefficient (Wildman–Crippen LogP) is 5.01. The van der Waals surface area contributed by atoms with E-state index in [4.69, 9.17) is 5.11 Å². The maximum atomic E-state index is 11.1. The van der Waals surface area contributed by atoms with E-state index in [-0.39, 0.29) is 5.91 Å². The van der Waals surface area contributed by atoms with E-state index in [9.17, 15) is 9.59 Å². The number of carbonyl (C=O) groups is 2. The molecule has 1 rings (SSSR count). The summed E-state index contributed by atoms with van der Waals surface area (Å²) in [5, 5.41) is 11.5. The van der Waals surface area contributed by atoms with Crippen molar-refractivity contribution in [2.45, 2.75) is 71.8 Å². The second kappa shape index (κ2) is 14.3. The number of aliphatic carboxylic acids is 1. The smallest absolute Gasteiger partial charge is 0.327 e. The molecule has 2 N–H and O–H groups in total. The van der Waals surface area contributed by atoms with Crippen molar-refractivity contribution in [2.75, 3.05) is 11.5 Å². The summed E-state index contributed by atoms with van der Waals surface area (Å²) in [7, 11) is 0. The van der Waals surface area contributed by atoms with E-state index >= 15 is 0 Å². The average Bonchev–Trinajstić information content (AvgIpc) is 2.66. The minimum atomic E-state index is -0.989. The first-order chi connectivity index (χ1) is 13.4. The van der Waals surface area contributed by atoms with Gasteiger partial charge in [0.05, 0.1) is 0 Å². The van der Waals surface area contributed by atoms with Crippen molar-refractivity contribution < 1.29 is 14.7 Å². The van der Waals surface area contributed by atoms with Crippen molar-refractivity contribution in [1.29, 1.82) is 0 Å². The molecule has 0 saturated carbocycles. The molecule has 4 nitrogen and oxygen atoms in total. The summed E-state index contributed by atoms with van der Waals surface area (Å²) in [4.78, 5) is 22.1. The standard InChI is InChI=1S/C23H35NO3S/c1-4-5-6-7-8-20-11-13-21(14-12-20)10-9-18(2)15-16-28-17-22(23(26)27)24-19(3)25/h11-15,22H,4-10,16-17H2,1-3H3,(H,24,25)(H,26,27)/b18-15+/t22-/m0/s1. The number of allylic oxidation sites excluding steroid dienone is 1. The number of thioether (sulfide) groups is 1. The normalized spacial score (nSPS) is 12.6. The van der Waals surface area contributed by atoms with Crippen LogP contribution in [0.2, 0.25) is 0 Å². The maximum Gasteiger partial charge on any atom is 0.327 e. The number of rotatable bonds is 14. The van der Waals surface area contributed by atoms with Gasteiger partial charge in [-0.05, 0) is 43.7 Å². The molecule has 0 aromatic heterocycles. The maximum absolute atomic E-state index is 11.1. The lowest BCUT2D eigenvalue weighted by molar-refractivity contribution is -0.140. The van der Waals surface area contributed by atoms with Gasteiger partial charge in [-0.1, -0.05) is 62.1 Å². The summed E-state index contributed by atoms with van der Waals surface area (Å²) >= 11 is 1.52. The van der Waals surface area contributed by atoms with Crippen molar-refractivity contribution in [3.05, 3.63) is 47.0 Å². The van der Waals surface area contributed by atoms with E-state index in [1.54, 1.807) is 0 Å². The van der Waals surface area contributed by atoms with Crippen molar-refractivity contribution in [2.24, 2.45) is 0 Å². The average molecular weight is 406 g/mol. The first-order valence-electron chi connectivity index (χ1n) is 10.2. The Hall–Kier alpha value is -1.75. The van der Waals surface area contributed by atoms with E-state index < -0.39 is 12.0 Å². The number of carboxylic acids is 1. The molecule has 0 fully saturated rings. The zero-order valence-corrected chi connectivity index (χ0v) is 18.3. The van der Waals surface area contributed by atoms with Crippen LogP contribution < -0.4 is 5.32 Å². The van der Waals surface area contributed by atoms with Crippen molar-refractivity contribution in [1.82, 2.24) is 5.32 Å². The SMILES string of the molecule is CCCCCCc1ccc(CC/C(C)=C/CSC[C@H](NC(C)=O)C(=O)O)cc1. The van der Waals surface area contributed by atoms with Gasteiger partial charge in [-0.15, -0.1) is 0 Å². The Labute approximate surface area is 174 Å². The Morgan fingerprint density at radius 1 is 1.07 bits per heavy atom. The van der Waals surface area contributed by atoms with Crippen LogP contribution in [0.25, 0.3) is 0 Å². The van der Waals surface area contributed by atoms with Crippen LogP contribution in [0, 0.1) is 0 Å². The Bertz CT molecular complexity index is 625. The number of amides is 1. The van der Waals surface area contributed by atoms with Crippen LogP contribution in [0.15, 0.2) is 35.9 Å². The number of hydrogen-bond donors (Lipinski definition) is 2. The van der Waals surface area contributed by atoms with Gasteiger partial charge in [0.15, 0.2) is 0 Å². The van der Waals surface area contributed by atoms with E-state index in [0.29, 0.717) is 5.75 Å². The fourth-order valence-electron chi connectivity index (χ4n) is 2.88. The van der Waals surface area contributed by atoms with E-state index in [0.717, 1.165) is 18.6 Å². The molecule has 0 unspecified atom stereocenters. The molecular weight excluding hydrogens is 370 g/mol. The largest absolute Gasteiger partial charge is 0.480 e. The van der Waals surface area contributed by atoms with Crippen LogP contribution in [-0.2, 0) is 22.4 Å². The highest BCUT2D eigenvalue weighted by molar-refractivity contribution is 7.99. The van der Waals surface area contributed by atoms with Gasteiger partial charge in [0.1, 0.15) is 6.04 Å². The number of nitrogens with one attached hydrogen (secondary N) is 1. The van der Waals surface area contributed by atoms with Gasteiger partial charge in [0, 0.05) is 18.4 Å². The molecule has 0 aliphatic carbocycles. The summed E-state index contributed by atoms with van der Waals surface area (Å²) in [5.74, 6) is -0.173. The molecule has 0 aliphatic rings. The fraction of sp³-hybridized carbons (Fsp3) is 0.565. The summed E-state index contributed by atoms with van der Waals surface area (Å²) in [6.07, 6.45) is 10.5. The summed E-state index contributed by atoms with van der Waals surface area (Å²) < 4.78 is 0. The lowest BCUT2D eigenvalue weighted by Gasteiger charge is -2.12. The van der Waals surface area contributed by atoms with Crippen LogP contribution in [0.5, 0.6) is 0 Å². The Morgan fingerprint density at radius 3 is 2.29 bits per heavy atom. The molecule has 1 aromatic rings. The van der Waals surface area contributed by atoms with Gasteiger partial charge in [-0.2, -0.15) is 11.8 Å². The van der Waals surface area contributed by atoms with E-state index in [1.165, 1.54) is 67.5 Å². The molecule has 156 valence electrons. The summed E-state index contributed by atoms with van der Waals surface area (Å²) in [6.45, 7) is 5.69. The second-order valence-electron chi connectivity index (χ2n) is 7.31. The zero-order valence-electron chi connectivity index (χ0n) is 17.5. The number of benzene rings is 1. The first kappa shape index (κ1) is 24.3. The minimum absolute atomic E-state index is 0.313.